The first-order valence-corrected chi connectivity index (χ1v) is 11.2. The number of aliphatic imine (C=N–C) groups is 1. The van der Waals surface area contributed by atoms with E-state index in [2.05, 4.69) is 36.1 Å². The molecule has 0 saturated carbocycles. The smallest absolute Gasteiger partial charge is 0.193 e. The molecule has 2 aromatic rings. The van der Waals surface area contributed by atoms with Gasteiger partial charge in [-0.25, -0.2) is 0 Å². The Morgan fingerprint density at radius 2 is 1.76 bits per heavy atom. The molecule has 170 valence electrons. The molecule has 5 nitrogen and oxygen atoms in total. The van der Waals surface area contributed by atoms with Gasteiger partial charge < -0.3 is 5.32 Å². The third kappa shape index (κ3) is 5.04. The molecule has 2 aliphatic heterocycles. The van der Waals surface area contributed by atoms with E-state index in [4.69, 9.17) is 5.10 Å². The van der Waals surface area contributed by atoms with Gasteiger partial charge in [-0.1, -0.05) is 80.4 Å². The van der Waals surface area contributed by atoms with Crippen molar-refractivity contribution in [1.82, 2.24) is 10.3 Å². The summed E-state index contributed by atoms with van der Waals surface area (Å²) in [5, 5.41) is 9.95. The zero-order valence-electron chi connectivity index (χ0n) is 19.4. The molecular weight excluding hydrogens is 420 g/mol. The summed E-state index contributed by atoms with van der Waals surface area (Å²) in [6.07, 6.45) is 6.45. The van der Waals surface area contributed by atoms with E-state index >= 15 is 0 Å². The average molecular weight is 449 g/mol. The van der Waals surface area contributed by atoms with Crippen molar-refractivity contribution in [2.24, 2.45) is 10.1 Å². The number of hydrazone groups is 1. The number of nitrogens with zero attached hydrogens (tertiary/aromatic N) is 3. The van der Waals surface area contributed by atoms with Crippen LogP contribution in [-0.4, -0.2) is 35.3 Å². The van der Waals surface area contributed by atoms with E-state index in [1.54, 1.807) is 6.20 Å². The van der Waals surface area contributed by atoms with Gasteiger partial charge in [0.15, 0.2) is 5.78 Å². The molecule has 0 aliphatic carbocycles. The number of carbonyl (C=O) groups excluding carboxylic acids is 1. The van der Waals surface area contributed by atoms with Gasteiger partial charge in [0.2, 0.25) is 0 Å². The van der Waals surface area contributed by atoms with Crippen LogP contribution in [0.3, 0.4) is 0 Å². The molecule has 1 fully saturated rings. The van der Waals surface area contributed by atoms with Gasteiger partial charge in [0.05, 0.1) is 23.7 Å². The number of Topliss-reactive ketones (excluding diaryl/α,β-unsaturated/α-hetero) is 1. The summed E-state index contributed by atoms with van der Waals surface area (Å²) in [4.78, 5) is 17.3. The summed E-state index contributed by atoms with van der Waals surface area (Å²) in [6, 6.07) is 16.9. The summed E-state index contributed by atoms with van der Waals surface area (Å²) < 4.78 is 0. The predicted octanol–water partition coefficient (Wildman–Crippen LogP) is 5.52. The number of carbonyl (C=O) groups is 1. The van der Waals surface area contributed by atoms with Gasteiger partial charge in [0, 0.05) is 36.0 Å². The monoisotopic (exact) mass is 448 g/mol. The van der Waals surface area contributed by atoms with E-state index < -0.39 is 0 Å². The number of benzene rings is 2. The van der Waals surface area contributed by atoms with Crippen molar-refractivity contribution in [2.75, 3.05) is 13.1 Å². The molecule has 2 aliphatic rings. The van der Waals surface area contributed by atoms with Crippen LogP contribution in [0.5, 0.6) is 0 Å². The van der Waals surface area contributed by atoms with Crippen LogP contribution in [0.2, 0.25) is 0 Å². The van der Waals surface area contributed by atoms with E-state index in [1.165, 1.54) is 0 Å². The van der Waals surface area contributed by atoms with Gasteiger partial charge in [0.25, 0.3) is 0 Å². The molecular formula is C29H28N4O. The fraction of sp³-hybridized carbons (Fsp3) is 0.138. The minimum atomic E-state index is -0.0814. The molecule has 2 heterocycles. The molecule has 2 aromatic carbocycles. The Balaban J connectivity index is 1.39. The van der Waals surface area contributed by atoms with Crippen LogP contribution in [0.15, 0.2) is 120 Å². The van der Waals surface area contributed by atoms with Gasteiger partial charge in [-0.05, 0) is 29.7 Å². The van der Waals surface area contributed by atoms with Crippen molar-refractivity contribution in [2.45, 2.75) is 13.3 Å². The molecule has 1 saturated heterocycles. The van der Waals surface area contributed by atoms with Crippen LogP contribution >= 0.6 is 0 Å². The first kappa shape index (κ1) is 22.9. The van der Waals surface area contributed by atoms with E-state index in [1.807, 2.05) is 72.6 Å². The van der Waals surface area contributed by atoms with Crippen LogP contribution in [0.25, 0.3) is 5.57 Å². The SMILES string of the molecule is C=C(/C=C\N=C(C)c1ccc(C(=O)C(=C)c2ccccc2)cc1)C1=NN2CCNC(=C)C2=CC1. The highest BCUT2D eigenvalue weighted by Gasteiger charge is 2.21. The van der Waals surface area contributed by atoms with Crippen LogP contribution in [0.1, 0.15) is 34.8 Å². The number of ketones is 1. The largest absolute Gasteiger partial charge is 0.382 e. The molecule has 0 spiro atoms. The first-order valence-electron chi connectivity index (χ1n) is 11.2. The minimum absolute atomic E-state index is 0.0814. The van der Waals surface area contributed by atoms with Crippen molar-refractivity contribution in [1.29, 1.82) is 0 Å². The van der Waals surface area contributed by atoms with E-state index in [0.29, 0.717) is 17.6 Å². The number of fused-ring (bicyclic) bond motifs is 1. The maximum atomic E-state index is 12.8. The quantitative estimate of drug-likeness (QED) is 0.262. The lowest BCUT2D eigenvalue weighted by atomic mass is 9.97. The average Bonchev–Trinajstić information content (AvgIpc) is 2.88. The van der Waals surface area contributed by atoms with Crippen molar-refractivity contribution >= 4 is 22.8 Å². The highest BCUT2D eigenvalue weighted by Crippen LogP contribution is 2.23. The summed E-state index contributed by atoms with van der Waals surface area (Å²) in [5.74, 6) is -0.0814. The Kier molecular flexibility index (Phi) is 6.83. The number of hydrogen-bond donors (Lipinski definition) is 1. The lowest BCUT2D eigenvalue weighted by Gasteiger charge is -2.33. The van der Waals surface area contributed by atoms with Crippen molar-refractivity contribution in [3.8, 4) is 0 Å². The molecule has 0 bridgehead atoms. The Bertz CT molecular complexity index is 1260. The summed E-state index contributed by atoms with van der Waals surface area (Å²) in [7, 11) is 0. The van der Waals surface area contributed by atoms with Gasteiger partial charge >= 0.3 is 0 Å². The number of hydrogen-bond acceptors (Lipinski definition) is 5. The van der Waals surface area contributed by atoms with Crippen molar-refractivity contribution < 1.29 is 4.79 Å². The minimum Gasteiger partial charge on any atom is -0.382 e. The molecule has 0 radical (unpaired) electrons. The van der Waals surface area contributed by atoms with E-state index in [9.17, 15) is 4.79 Å². The molecule has 1 N–H and O–H groups in total. The summed E-state index contributed by atoms with van der Waals surface area (Å²) >= 11 is 0. The fourth-order valence-corrected chi connectivity index (χ4v) is 3.80. The van der Waals surface area contributed by atoms with E-state index in [0.717, 1.165) is 52.6 Å². The molecule has 0 amide bonds. The first-order chi connectivity index (χ1) is 16.4. The third-order valence-corrected chi connectivity index (χ3v) is 5.86. The Hall–Kier alpha value is -4.25. The summed E-state index contributed by atoms with van der Waals surface area (Å²) in [6.45, 7) is 15.7. The molecule has 0 unspecified atom stereocenters. The highest BCUT2D eigenvalue weighted by atomic mass is 16.1. The van der Waals surface area contributed by atoms with Gasteiger partial charge in [-0.3, -0.25) is 14.8 Å². The second-order valence-corrected chi connectivity index (χ2v) is 8.18. The molecule has 0 aromatic heterocycles. The lowest BCUT2D eigenvalue weighted by molar-refractivity contribution is 0.105. The van der Waals surface area contributed by atoms with Crippen LogP contribution in [0.4, 0.5) is 0 Å². The predicted molar refractivity (Wildman–Crippen MR) is 141 cm³/mol. The standard InChI is InChI=1S/C29H28N4O/c1-20(27-14-15-28-23(4)31-18-19-33(28)32-27)16-17-30-22(3)25-10-12-26(13-11-25)29(34)21(2)24-8-6-5-7-9-24/h5-13,15-17,31H,1-2,4,14,18-19H2,3H3/b17-16-,30-22?. The fourth-order valence-electron chi connectivity index (χ4n) is 3.80. The van der Waals surface area contributed by atoms with Crippen LogP contribution in [-0.2, 0) is 0 Å². The number of allylic oxidation sites excluding steroid dienone is 4. The topological polar surface area (TPSA) is 57.1 Å². The van der Waals surface area contributed by atoms with Gasteiger partial charge in [0.1, 0.15) is 0 Å². The lowest BCUT2D eigenvalue weighted by Crippen LogP contribution is -2.39. The Morgan fingerprint density at radius 1 is 1.06 bits per heavy atom. The zero-order valence-corrected chi connectivity index (χ0v) is 19.4. The van der Waals surface area contributed by atoms with Gasteiger partial charge in [-0.2, -0.15) is 5.10 Å². The summed E-state index contributed by atoms with van der Waals surface area (Å²) in [5.41, 5.74) is 7.40. The zero-order chi connectivity index (χ0) is 24.1. The van der Waals surface area contributed by atoms with E-state index in [-0.39, 0.29) is 5.78 Å². The molecule has 0 atom stereocenters. The Labute approximate surface area is 200 Å². The highest BCUT2D eigenvalue weighted by molar-refractivity contribution is 6.28. The molecule has 34 heavy (non-hydrogen) atoms. The molecule has 4 rings (SSSR count). The second-order valence-electron chi connectivity index (χ2n) is 8.18. The number of nitrogens with one attached hydrogen (secondary N) is 1. The normalized spacial score (nSPS) is 15.9. The van der Waals surface area contributed by atoms with Gasteiger partial charge in [-0.15, -0.1) is 0 Å². The second kappa shape index (κ2) is 10.1. The molecule has 5 heteroatoms. The third-order valence-electron chi connectivity index (χ3n) is 5.86. The number of piperazine rings is 1. The number of rotatable bonds is 7. The van der Waals surface area contributed by atoms with Crippen LogP contribution < -0.4 is 5.32 Å². The maximum Gasteiger partial charge on any atom is 0.193 e. The van der Waals surface area contributed by atoms with Crippen molar-refractivity contribution in [3.63, 3.8) is 0 Å². The van der Waals surface area contributed by atoms with Crippen molar-refractivity contribution in [3.05, 3.63) is 126 Å². The maximum absolute atomic E-state index is 12.8. The van der Waals surface area contributed by atoms with Crippen LogP contribution in [0, 0.1) is 0 Å². The Morgan fingerprint density at radius 3 is 2.50 bits per heavy atom.